The van der Waals surface area contributed by atoms with Gasteiger partial charge in [0.25, 0.3) is 0 Å². The summed E-state index contributed by atoms with van der Waals surface area (Å²) in [5, 5.41) is 3.63. The minimum absolute atomic E-state index is 0.0840. The van der Waals surface area contributed by atoms with Crippen LogP contribution in [0.1, 0.15) is 52.9 Å². The zero-order valence-corrected chi connectivity index (χ0v) is 9.94. The van der Waals surface area contributed by atoms with Gasteiger partial charge in [-0.15, -0.1) is 0 Å². The van der Waals surface area contributed by atoms with Crippen LogP contribution >= 0.6 is 0 Å². The smallest absolute Gasteiger partial charge is 0.0641 e. The highest BCUT2D eigenvalue weighted by Gasteiger charge is 2.28. The maximum atomic E-state index is 5.68. The van der Waals surface area contributed by atoms with Crippen LogP contribution in [0.5, 0.6) is 0 Å². The molecule has 1 fully saturated rings. The topological polar surface area (TPSA) is 21.3 Å². The average Bonchev–Trinajstić information content (AvgIpc) is 2.11. The van der Waals surface area contributed by atoms with Crippen molar-refractivity contribution in [3.05, 3.63) is 0 Å². The van der Waals surface area contributed by atoms with Crippen LogP contribution in [0.4, 0.5) is 0 Å². The second kappa shape index (κ2) is 5.72. The molecule has 1 aliphatic heterocycles. The lowest BCUT2D eigenvalue weighted by Crippen LogP contribution is -2.43. The zero-order valence-electron chi connectivity index (χ0n) is 9.94. The fraction of sp³-hybridized carbons (Fsp3) is 1.00. The molecular weight excluding hydrogens is 174 g/mol. The number of hydrogen-bond acceptors (Lipinski definition) is 2. The second-order valence-corrected chi connectivity index (χ2v) is 4.96. The maximum Gasteiger partial charge on any atom is 0.0641 e. The lowest BCUT2D eigenvalue weighted by molar-refractivity contribution is -0.0627. The van der Waals surface area contributed by atoms with Crippen molar-refractivity contribution in [2.75, 3.05) is 13.2 Å². The third-order valence-corrected chi connectivity index (χ3v) is 2.91. The van der Waals surface area contributed by atoms with E-state index in [-0.39, 0.29) is 5.60 Å². The van der Waals surface area contributed by atoms with Gasteiger partial charge in [-0.1, -0.05) is 19.8 Å². The van der Waals surface area contributed by atoms with Crippen molar-refractivity contribution in [3.63, 3.8) is 0 Å². The first kappa shape index (κ1) is 12.0. The Morgan fingerprint density at radius 2 is 2.14 bits per heavy atom. The van der Waals surface area contributed by atoms with Gasteiger partial charge in [-0.2, -0.15) is 0 Å². The van der Waals surface area contributed by atoms with Crippen LogP contribution in [0.15, 0.2) is 0 Å². The predicted octanol–water partition coefficient (Wildman–Crippen LogP) is 2.72. The molecule has 2 heteroatoms. The highest BCUT2D eigenvalue weighted by atomic mass is 16.5. The van der Waals surface area contributed by atoms with E-state index in [0.29, 0.717) is 6.04 Å². The highest BCUT2D eigenvalue weighted by Crippen LogP contribution is 2.23. The SMILES string of the molecule is CCCCCNC1CCOC(C)(C)C1. The van der Waals surface area contributed by atoms with Crippen LogP contribution in [0.25, 0.3) is 0 Å². The predicted molar refractivity (Wildman–Crippen MR) is 60.6 cm³/mol. The Labute approximate surface area is 88.4 Å². The van der Waals surface area contributed by atoms with Crippen LogP contribution in [-0.4, -0.2) is 24.8 Å². The van der Waals surface area contributed by atoms with Crippen LogP contribution in [0.2, 0.25) is 0 Å². The minimum Gasteiger partial charge on any atom is -0.375 e. The largest absolute Gasteiger partial charge is 0.375 e. The van der Waals surface area contributed by atoms with E-state index in [9.17, 15) is 0 Å². The molecule has 0 aliphatic carbocycles. The van der Waals surface area contributed by atoms with Gasteiger partial charge >= 0.3 is 0 Å². The molecule has 1 saturated heterocycles. The van der Waals surface area contributed by atoms with E-state index in [1.807, 2.05) is 0 Å². The van der Waals surface area contributed by atoms with Gasteiger partial charge in [-0.25, -0.2) is 0 Å². The summed E-state index contributed by atoms with van der Waals surface area (Å²) in [6.07, 6.45) is 6.30. The standard InChI is InChI=1S/C12H25NO/c1-4-5-6-8-13-11-7-9-14-12(2,3)10-11/h11,13H,4-10H2,1-3H3. The lowest BCUT2D eigenvalue weighted by Gasteiger charge is -2.36. The molecule has 0 aromatic rings. The van der Waals surface area contributed by atoms with Crippen molar-refractivity contribution in [1.29, 1.82) is 0 Å². The Bertz CT molecular complexity index is 156. The molecule has 0 bridgehead atoms. The Kier molecular flexibility index (Phi) is 4.90. The first-order valence-corrected chi connectivity index (χ1v) is 6.01. The number of nitrogens with one attached hydrogen (secondary N) is 1. The van der Waals surface area contributed by atoms with E-state index < -0.39 is 0 Å². The molecule has 0 saturated carbocycles. The van der Waals surface area contributed by atoms with E-state index in [2.05, 4.69) is 26.1 Å². The van der Waals surface area contributed by atoms with E-state index in [1.54, 1.807) is 0 Å². The summed E-state index contributed by atoms with van der Waals surface area (Å²) < 4.78 is 5.68. The minimum atomic E-state index is 0.0840. The first-order valence-electron chi connectivity index (χ1n) is 6.01. The van der Waals surface area contributed by atoms with Crippen molar-refractivity contribution in [2.45, 2.75) is 64.5 Å². The molecule has 0 amide bonds. The van der Waals surface area contributed by atoms with Gasteiger partial charge in [-0.3, -0.25) is 0 Å². The Morgan fingerprint density at radius 1 is 1.36 bits per heavy atom. The van der Waals surface area contributed by atoms with Gasteiger partial charge in [0.1, 0.15) is 0 Å². The molecule has 14 heavy (non-hydrogen) atoms. The lowest BCUT2D eigenvalue weighted by atomic mass is 9.94. The summed E-state index contributed by atoms with van der Waals surface area (Å²) in [7, 11) is 0. The second-order valence-electron chi connectivity index (χ2n) is 4.96. The van der Waals surface area contributed by atoms with E-state index in [1.165, 1.54) is 32.2 Å². The van der Waals surface area contributed by atoms with Crippen molar-refractivity contribution >= 4 is 0 Å². The van der Waals surface area contributed by atoms with Crippen LogP contribution in [0, 0.1) is 0 Å². The molecular formula is C12H25NO. The zero-order chi connectivity index (χ0) is 10.4. The molecule has 1 atom stereocenters. The van der Waals surface area contributed by atoms with Crippen LogP contribution < -0.4 is 5.32 Å². The molecule has 1 N–H and O–H groups in total. The van der Waals surface area contributed by atoms with Crippen molar-refractivity contribution in [3.8, 4) is 0 Å². The summed E-state index contributed by atoms with van der Waals surface area (Å²) in [6.45, 7) is 8.71. The van der Waals surface area contributed by atoms with Gasteiger partial charge in [0.15, 0.2) is 0 Å². The quantitative estimate of drug-likeness (QED) is 0.687. The molecule has 0 spiro atoms. The number of ether oxygens (including phenoxy) is 1. The van der Waals surface area contributed by atoms with Crippen molar-refractivity contribution in [2.24, 2.45) is 0 Å². The normalized spacial score (nSPS) is 26.4. The van der Waals surface area contributed by atoms with Crippen LogP contribution in [-0.2, 0) is 4.74 Å². The number of hydrogen-bond donors (Lipinski definition) is 1. The molecule has 84 valence electrons. The summed E-state index contributed by atoms with van der Waals surface area (Å²) in [5.74, 6) is 0. The van der Waals surface area contributed by atoms with E-state index >= 15 is 0 Å². The van der Waals surface area contributed by atoms with Gasteiger partial charge in [0.2, 0.25) is 0 Å². The molecule has 1 aliphatic rings. The molecule has 0 aromatic carbocycles. The number of unbranched alkanes of at least 4 members (excludes halogenated alkanes) is 2. The Hall–Kier alpha value is -0.0800. The van der Waals surface area contributed by atoms with E-state index in [0.717, 1.165) is 13.0 Å². The van der Waals surface area contributed by atoms with Gasteiger partial charge in [0.05, 0.1) is 5.60 Å². The fourth-order valence-electron chi connectivity index (χ4n) is 2.09. The third kappa shape index (κ3) is 4.43. The van der Waals surface area contributed by atoms with Gasteiger partial charge in [0, 0.05) is 12.6 Å². The van der Waals surface area contributed by atoms with Crippen molar-refractivity contribution in [1.82, 2.24) is 5.32 Å². The Morgan fingerprint density at radius 3 is 2.79 bits per heavy atom. The molecule has 0 aromatic heterocycles. The summed E-state index contributed by atoms with van der Waals surface area (Å²) in [6, 6.07) is 0.676. The van der Waals surface area contributed by atoms with Gasteiger partial charge < -0.3 is 10.1 Å². The first-order chi connectivity index (χ1) is 6.64. The van der Waals surface area contributed by atoms with Gasteiger partial charge in [-0.05, 0) is 39.7 Å². The molecule has 0 radical (unpaired) electrons. The molecule has 1 unspecified atom stereocenters. The summed E-state index contributed by atoms with van der Waals surface area (Å²) in [5.41, 5.74) is 0.0840. The summed E-state index contributed by atoms with van der Waals surface area (Å²) >= 11 is 0. The maximum absolute atomic E-state index is 5.68. The molecule has 2 nitrogen and oxygen atoms in total. The number of rotatable bonds is 5. The molecule has 1 heterocycles. The van der Waals surface area contributed by atoms with E-state index in [4.69, 9.17) is 4.74 Å². The van der Waals surface area contributed by atoms with Crippen molar-refractivity contribution < 1.29 is 4.74 Å². The highest BCUT2D eigenvalue weighted by molar-refractivity contribution is 4.82. The van der Waals surface area contributed by atoms with Crippen LogP contribution in [0.3, 0.4) is 0 Å². The molecule has 1 rings (SSSR count). The fourth-order valence-corrected chi connectivity index (χ4v) is 2.09. The average molecular weight is 199 g/mol. The summed E-state index contributed by atoms with van der Waals surface area (Å²) in [4.78, 5) is 0. The monoisotopic (exact) mass is 199 g/mol. The Balaban J connectivity index is 2.12. The third-order valence-electron chi connectivity index (χ3n) is 2.91.